The molecular formula is C24H23N3O4. The average molecular weight is 417 g/mol. The molecule has 0 atom stereocenters. The molecule has 0 aromatic heterocycles. The number of para-hydroxylation sites is 1. The Labute approximate surface area is 180 Å². The third-order valence-electron chi connectivity index (χ3n) is 4.80. The Morgan fingerprint density at radius 3 is 2.52 bits per heavy atom. The minimum absolute atomic E-state index is 0.0290. The lowest BCUT2D eigenvalue weighted by atomic mass is 10.2. The number of anilines is 3. The normalized spacial score (nSPS) is 12.5. The van der Waals surface area contributed by atoms with E-state index in [2.05, 4.69) is 10.6 Å². The Balaban J connectivity index is 1.42. The summed E-state index contributed by atoms with van der Waals surface area (Å²) in [5.74, 6) is 1.18. The van der Waals surface area contributed by atoms with Gasteiger partial charge in [-0.25, -0.2) is 4.79 Å². The molecule has 0 bridgehead atoms. The van der Waals surface area contributed by atoms with Crippen molar-refractivity contribution in [2.75, 3.05) is 35.3 Å². The monoisotopic (exact) mass is 417 g/mol. The standard InChI is InChI=1S/C24H23N3O4/c1-17-7-10-20(11-8-17)30-14-13-27-21-15-19(9-12-22(21)31-16-23(27)28)26-24(29)25-18-5-3-2-4-6-18/h2-12,15H,13-14,16H2,1H3,(H2,25,26,29). The summed E-state index contributed by atoms with van der Waals surface area (Å²) in [5.41, 5.74) is 2.99. The number of ether oxygens (including phenoxy) is 2. The van der Waals surface area contributed by atoms with Crippen LogP contribution in [-0.2, 0) is 4.79 Å². The van der Waals surface area contributed by atoms with Gasteiger partial charge in [-0.1, -0.05) is 35.9 Å². The molecule has 0 fully saturated rings. The van der Waals surface area contributed by atoms with E-state index in [-0.39, 0.29) is 18.5 Å². The first-order valence-electron chi connectivity index (χ1n) is 9.98. The summed E-state index contributed by atoms with van der Waals surface area (Å²) in [5, 5.41) is 5.55. The number of benzene rings is 3. The maximum Gasteiger partial charge on any atom is 0.323 e. The van der Waals surface area contributed by atoms with Crippen molar-refractivity contribution >= 4 is 29.0 Å². The van der Waals surface area contributed by atoms with Crippen molar-refractivity contribution in [1.29, 1.82) is 0 Å². The summed E-state index contributed by atoms with van der Waals surface area (Å²) >= 11 is 0. The molecule has 1 aliphatic heterocycles. The SMILES string of the molecule is Cc1ccc(OCCN2C(=O)COc3ccc(NC(=O)Nc4ccccc4)cc32)cc1. The zero-order valence-corrected chi connectivity index (χ0v) is 17.1. The summed E-state index contributed by atoms with van der Waals surface area (Å²) in [4.78, 5) is 26.4. The molecule has 0 radical (unpaired) electrons. The molecule has 7 heteroatoms. The second kappa shape index (κ2) is 9.21. The summed E-state index contributed by atoms with van der Waals surface area (Å²) in [7, 11) is 0. The van der Waals surface area contributed by atoms with Gasteiger partial charge < -0.3 is 25.0 Å². The summed E-state index contributed by atoms with van der Waals surface area (Å²) < 4.78 is 11.3. The number of hydrogen-bond acceptors (Lipinski definition) is 4. The van der Waals surface area contributed by atoms with E-state index in [0.717, 1.165) is 11.3 Å². The highest BCUT2D eigenvalue weighted by molar-refractivity contribution is 6.02. The molecule has 3 aromatic carbocycles. The molecule has 1 heterocycles. The van der Waals surface area contributed by atoms with Gasteiger partial charge in [0.25, 0.3) is 5.91 Å². The Hall–Kier alpha value is -4.00. The summed E-state index contributed by atoms with van der Waals surface area (Å²) in [6.07, 6.45) is 0. The van der Waals surface area contributed by atoms with Crippen molar-refractivity contribution in [3.05, 3.63) is 78.4 Å². The second-order valence-corrected chi connectivity index (χ2v) is 7.12. The van der Waals surface area contributed by atoms with Crippen LogP contribution in [0.1, 0.15) is 5.56 Å². The van der Waals surface area contributed by atoms with E-state index in [4.69, 9.17) is 9.47 Å². The smallest absolute Gasteiger partial charge is 0.323 e. The largest absolute Gasteiger partial charge is 0.492 e. The predicted molar refractivity (Wildman–Crippen MR) is 120 cm³/mol. The number of amides is 3. The molecule has 4 rings (SSSR count). The van der Waals surface area contributed by atoms with Crippen LogP contribution in [0.15, 0.2) is 72.8 Å². The van der Waals surface area contributed by atoms with Gasteiger partial charge in [-0.15, -0.1) is 0 Å². The molecule has 1 aliphatic rings. The van der Waals surface area contributed by atoms with Crippen LogP contribution in [0.3, 0.4) is 0 Å². The van der Waals surface area contributed by atoms with Crippen LogP contribution in [0.4, 0.5) is 21.9 Å². The van der Waals surface area contributed by atoms with Crippen LogP contribution >= 0.6 is 0 Å². The van der Waals surface area contributed by atoms with E-state index in [1.165, 1.54) is 0 Å². The highest BCUT2D eigenvalue weighted by Gasteiger charge is 2.26. The zero-order chi connectivity index (χ0) is 21.6. The number of carbonyl (C=O) groups excluding carboxylic acids is 2. The van der Waals surface area contributed by atoms with Crippen LogP contribution in [-0.4, -0.2) is 31.7 Å². The lowest BCUT2D eigenvalue weighted by Gasteiger charge is -2.29. The number of hydrogen-bond donors (Lipinski definition) is 2. The van der Waals surface area contributed by atoms with Crippen molar-refractivity contribution in [2.24, 2.45) is 0 Å². The van der Waals surface area contributed by atoms with Crippen LogP contribution < -0.4 is 25.0 Å². The van der Waals surface area contributed by atoms with E-state index in [9.17, 15) is 9.59 Å². The number of fused-ring (bicyclic) bond motifs is 1. The molecule has 0 spiro atoms. The molecule has 7 nitrogen and oxygen atoms in total. The second-order valence-electron chi connectivity index (χ2n) is 7.12. The van der Waals surface area contributed by atoms with E-state index in [1.807, 2.05) is 49.4 Å². The van der Waals surface area contributed by atoms with E-state index < -0.39 is 0 Å². The molecule has 2 N–H and O–H groups in total. The Kier molecular flexibility index (Phi) is 6.03. The fraction of sp³-hybridized carbons (Fsp3) is 0.167. The fourth-order valence-corrected chi connectivity index (χ4v) is 3.23. The molecule has 0 unspecified atom stereocenters. The highest BCUT2D eigenvalue weighted by atomic mass is 16.5. The average Bonchev–Trinajstić information content (AvgIpc) is 2.77. The highest BCUT2D eigenvalue weighted by Crippen LogP contribution is 2.34. The predicted octanol–water partition coefficient (Wildman–Crippen LogP) is 4.44. The molecule has 3 amide bonds. The van der Waals surface area contributed by atoms with Gasteiger partial charge in [-0.3, -0.25) is 4.79 Å². The van der Waals surface area contributed by atoms with Gasteiger partial charge in [0, 0.05) is 11.4 Å². The zero-order valence-electron chi connectivity index (χ0n) is 17.1. The van der Waals surface area contributed by atoms with Crippen LogP contribution in [0.25, 0.3) is 0 Å². The van der Waals surface area contributed by atoms with Crippen molar-refractivity contribution in [3.8, 4) is 11.5 Å². The van der Waals surface area contributed by atoms with Crippen LogP contribution in [0, 0.1) is 6.92 Å². The Morgan fingerprint density at radius 2 is 1.74 bits per heavy atom. The van der Waals surface area contributed by atoms with Crippen molar-refractivity contribution < 1.29 is 19.1 Å². The van der Waals surface area contributed by atoms with Crippen LogP contribution in [0.2, 0.25) is 0 Å². The Bertz CT molecular complexity index is 1070. The maximum absolute atomic E-state index is 12.5. The number of rotatable bonds is 6. The van der Waals surface area contributed by atoms with Gasteiger partial charge in [-0.05, 0) is 49.4 Å². The fourth-order valence-electron chi connectivity index (χ4n) is 3.23. The van der Waals surface area contributed by atoms with E-state index in [0.29, 0.717) is 36.0 Å². The number of nitrogens with zero attached hydrogens (tertiary/aromatic N) is 1. The van der Waals surface area contributed by atoms with Crippen molar-refractivity contribution in [3.63, 3.8) is 0 Å². The Morgan fingerprint density at radius 1 is 1.00 bits per heavy atom. The maximum atomic E-state index is 12.5. The van der Waals surface area contributed by atoms with Crippen molar-refractivity contribution in [2.45, 2.75) is 6.92 Å². The lowest BCUT2D eigenvalue weighted by Crippen LogP contribution is -2.41. The van der Waals surface area contributed by atoms with E-state index in [1.54, 1.807) is 35.2 Å². The summed E-state index contributed by atoms with van der Waals surface area (Å²) in [6, 6.07) is 21.7. The molecule has 158 valence electrons. The molecular weight excluding hydrogens is 394 g/mol. The quantitative estimate of drug-likeness (QED) is 0.621. The molecule has 0 saturated carbocycles. The molecule has 31 heavy (non-hydrogen) atoms. The van der Waals surface area contributed by atoms with Gasteiger partial charge in [0.05, 0.1) is 12.2 Å². The number of aryl methyl sites for hydroxylation is 1. The van der Waals surface area contributed by atoms with Gasteiger partial charge in [0.15, 0.2) is 6.61 Å². The van der Waals surface area contributed by atoms with Gasteiger partial charge in [0.1, 0.15) is 18.1 Å². The number of carbonyl (C=O) groups is 2. The first-order chi connectivity index (χ1) is 15.1. The van der Waals surface area contributed by atoms with E-state index >= 15 is 0 Å². The topological polar surface area (TPSA) is 79.9 Å². The molecule has 3 aromatic rings. The number of nitrogens with one attached hydrogen (secondary N) is 2. The molecule has 0 saturated heterocycles. The molecule has 0 aliphatic carbocycles. The van der Waals surface area contributed by atoms with Crippen LogP contribution in [0.5, 0.6) is 11.5 Å². The first kappa shape index (κ1) is 20.3. The number of urea groups is 1. The minimum Gasteiger partial charge on any atom is -0.492 e. The lowest BCUT2D eigenvalue weighted by molar-refractivity contribution is -0.121. The van der Waals surface area contributed by atoms with Gasteiger partial charge in [0.2, 0.25) is 0 Å². The minimum atomic E-state index is -0.372. The third kappa shape index (κ3) is 5.14. The summed E-state index contributed by atoms with van der Waals surface area (Å²) in [6.45, 7) is 2.68. The van der Waals surface area contributed by atoms with Gasteiger partial charge in [-0.2, -0.15) is 0 Å². The first-order valence-corrected chi connectivity index (χ1v) is 9.98. The van der Waals surface area contributed by atoms with Gasteiger partial charge >= 0.3 is 6.03 Å². The third-order valence-corrected chi connectivity index (χ3v) is 4.80. The van der Waals surface area contributed by atoms with Crippen molar-refractivity contribution in [1.82, 2.24) is 0 Å².